The molecule has 2 unspecified atom stereocenters. The van der Waals surface area contributed by atoms with Crippen LogP contribution in [0.1, 0.15) is 6.92 Å². The molecule has 0 aromatic rings. The number of halogens is 1. The molecule has 0 aromatic carbocycles. The number of ether oxygens (including phenoxy) is 2. The van der Waals surface area contributed by atoms with Gasteiger partial charge in [-0.25, -0.2) is 0 Å². The molecular formula is C6H14ClNO2. The third-order valence-electron chi connectivity index (χ3n) is 1.45. The minimum absolute atomic E-state index is 0. The highest BCUT2D eigenvalue weighted by Gasteiger charge is 2.24. The zero-order valence-electron chi connectivity index (χ0n) is 6.08. The van der Waals surface area contributed by atoms with Crippen molar-refractivity contribution in [1.82, 2.24) is 0 Å². The number of rotatable bonds is 2. The molecule has 10 heavy (non-hydrogen) atoms. The summed E-state index contributed by atoms with van der Waals surface area (Å²) in [7, 11) is 0. The molecule has 1 aliphatic rings. The smallest absolute Gasteiger partial charge is 0.0981 e. The molecule has 2 atom stereocenters. The highest BCUT2D eigenvalue weighted by Crippen LogP contribution is 2.06. The predicted molar refractivity (Wildman–Crippen MR) is 41.5 cm³/mol. The van der Waals surface area contributed by atoms with Gasteiger partial charge in [0.25, 0.3) is 0 Å². The van der Waals surface area contributed by atoms with Crippen LogP contribution in [0.4, 0.5) is 0 Å². The fraction of sp³-hybridized carbons (Fsp3) is 1.00. The summed E-state index contributed by atoms with van der Waals surface area (Å²) in [6.07, 6.45) is 0.134. The molecular weight excluding hydrogens is 154 g/mol. The quantitative estimate of drug-likeness (QED) is 0.638. The molecule has 2 N–H and O–H groups in total. The number of hydrogen-bond acceptors (Lipinski definition) is 3. The van der Waals surface area contributed by atoms with Crippen molar-refractivity contribution in [3.05, 3.63) is 0 Å². The Balaban J connectivity index is 0.000000810. The fourth-order valence-corrected chi connectivity index (χ4v) is 0.937. The van der Waals surface area contributed by atoms with Gasteiger partial charge in [0.05, 0.1) is 25.4 Å². The largest absolute Gasteiger partial charge is 0.377 e. The van der Waals surface area contributed by atoms with Crippen LogP contribution in [0.15, 0.2) is 0 Å². The highest BCUT2D eigenvalue weighted by atomic mass is 35.5. The molecule has 1 aliphatic heterocycles. The summed E-state index contributed by atoms with van der Waals surface area (Å²) in [6, 6.07) is 0.0879. The van der Waals surface area contributed by atoms with Crippen LogP contribution < -0.4 is 5.73 Å². The van der Waals surface area contributed by atoms with Crippen LogP contribution >= 0.6 is 12.4 Å². The molecule has 0 bridgehead atoms. The van der Waals surface area contributed by atoms with Gasteiger partial charge >= 0.3 is 0 Å². The van der Waals surface area contributed by atoms with Gasteiger partial charge in [0.1, 0.15) is 0 Å². The Morgan fingerprint density at radius 3 is 2.70 bits per heavy atom. The minimum Gasteiger partial charge on any atom is -0.377 e. The van der Waals surface area contributed by atoms with E-state index in [-0.39, 0.29) is 24.6 Å². The first kappa shape index (κ1) is 10.2. The third-order valence-corrected chi connectivity index (χ3v) is 1.45. The van der Waals surface area contributed by atoms with Crippen LogP contribution in [0.25, 0.3) is 0 Å². The first-order valence-corrected chi connectivity index (χ1v) is 3.29. The summed E-state index contributed by atoms with van der Waals surface area (Å²) < 4.78 is 10.3. The van der Waals surface area contributed by atoms with Gasteiger partial charge in [-0.2, -0.15) is 0 Å². The number of nitrogens with two attached hydrogens (primary N) is 1. The van der Waals surface area contributed by atoms with Crippen LogP contribution in [0.3, 0.4) is 0 Å². The molecule has 1 saturated heterocycles. The highest BCUT2D eigenvalue weighted by molar-refractivity contribution is 5.85. The average molecular weight is 168 g/mol. The second kappa shape index (κ2) is 4.91. The topological polar surface area (TPSA) is 44.5 Å². The van der Waals surface area contributed by atoms with E-state index >= 15 is 0 Å². The zero-order chi connectivity index (χ0) is 6.69. The van der Waals surface area contributed by atoms with Crippen LogP contribution in [0.2, 0.25) is 0 Å². The zero-order valence-corrected chi connectivity index (χ0v) is 6.89. The van der Waals surface area contributed by atoms with Crippen molar-refractivity contribution >= 4 is 12.4 Å². The molecule has 3 nitrogen and oxygen atoms in total. The first-order valence-electron chi connectivity index (χ1n) is 3.29. The second-order valence-electron chi connectivity index (χ2n) is 2.20. The standard InChI is InChI=1S/C6H13NO2.ClH/c1-2-9-6-4-8-3-5(6)7;/h5-6H,2-4,7H2,1H3;1H. The molecule has 0 amide bonds. The summed E-state index contributed by atoms with van der Waals surface area (Å²) >= 11 is 0. The van der Waals surface area contributed by atoms with Gasteiger partial charge in [0.15, 0.2) is 0 Å². The Morgan fingerprint density at radius 2 is 2.30 bits per heavy atom. The number of hydrogen-bond donors (Lipinski definition) is 1. The summed E-state index contributed by atoms with van der Waals surface area (Å²) in [6.45, 7) is 3.99. The molecule has 1 heterocycles. The molecule has 1 fully saturated rings. The Kier molecular flexibility index (Phi) is 4.99. The van der Waals surface area contributed by atoms with E-state index in [0.717, 1.165) is 6.61 Å². The molecule has 4 heteroatoms. The Hall–Kier alpha value is 0.170. The van der Waals surface area contributed by atoms with Gasteiger partial charge in [0, 0.05) is 6.61 Å². The van der Waals surface area contributed by atoms with E-state index in [9.17, 15) is 0 Å². The average Bonchev–Trinajstić information content (AvgIpc) is 2.18. The second-order valence-corrected chi connectivity index (χ2v) is 2.20. The maximum absolute atomic E-state index is 5.62. The summed E-state index contributed by atoms with van der Waals surface area (Å²) in [5.74, 6) is 0. The van der Waals surface area contributed by atoms with Crippen molar-refractivity contribution in [3.63, 3.8) is 0 Å². The molecule has 1 rings (SSSR count). The first-order chi connectivity index (χ1) is 4.34. The maximum atomic E-state index is 5.62. The molecule has 0 radical (unpaired) electrons. The van der Waals surface area contributed by atoms with Gasteiger partial charge < -0.3 is 15.2 Å². The molecule has 0 aromatic heterocycles. The van der Waals surface area contributed by atoms with Crippen molar-refractivity contribution in [2.24, 2.45) is 5.73 Å². The van der Waals surface area contributed by atoms with Crippen molar-refractivity contribution in [2.75, 3.05) is 19.8 Å². The predicted octanol–water partition coefficient (Wildman–Crippen LogP) is 0.171. The lowest BCUT2D eigenvalue weighted by molar-refractivity contribution is 0.0458. The Labute approximate surface area is 67.3 Å². The van der Waals surface area contributed by atoms with E-state index < -0.39 is 0 Å². The van der Waals surface area contributed by atoms with Crippen molar-refractivity contribution < 1.29 is 9.47 Å². The molecule has 62 valence electrons. The lowest BCUT2D eigenvalue weighted by Crippen LogP contribution is -2.35. The van der Waals surface area contributed by atoms with Gasteiger partial charge in [-0.05, 0) is 6.92 Å². The van der Waals surface area contributed by atoms with Gasteiger partial charge in [-0.15, -0.1) is 12.4 Å². The van der Waals surface area contributed by atoms with E-state index in [4.69, 9.17) is 15.2 Å². The Bertz CT molecular complexity index is 91.8. The van der Waals surface area contributed by atoms with Crippen LogP contribution in [-0.2, 0) is 9.47 Å². The summed E-state index contributed by atoms with van der Waals surface area (Å²) in [4.78, 5) is 0. The van der Waals surface area contributed by atoms with Gasteiger partial charge in [-0.3, -0.25) is 0 Å². The van der Waals surface area contributed by atoms with Crippen LogP contribution in [0, 0.1) is 0 Å². The van der Waals surface area contributed by atoms with E-state index in [1.807, 2.05) is 6.92 Å². The Morgan fingerprint density at radius 1 is 1.60 bits per heavy atom. The van der Waals surface area contributed by atoms with Gasteiger partial charge in [-0.1, -0.05) is 0 Å². The van der Waals surface area contributed by atoms with E-state index in [0.29, 0.717) is 13.2 Å². The lowest BCUT2D eigenvalue weighted by Gasteiger charge is -2.11. The van der Waals surface area contributed by atoms with E-state index in [1.54, 1.807) is 0 Å². The van der Waals surface area contributed by atoms with Crippen molar-refractivity contribution in [1.29, 1.82) is 0 Å². The monoisotopic (exact) mass is 167 g/mol. The summed E-state index contributed by atoms with van der Waals surface area (Å²) in [5, 5.41) is 0. The van der Waals surface area contributed by atoms with E-state index in [2.05, 4.69) is 0 Å². The summed E-state index contributed by atoms with van der Waals surface area (Å²) in [5.41, 5.74) is 5.62. The van der Waals surface area contributed by atoms with Crippen molar-refractivity contribution in [2.45, 2.75) is 19.1 Å². The van der Waals surface area contributed by atoms with Crippen molar-refractivity contribution in [3.8, 4) is 0 Å². The lowest BCUT2D eigenvalue weighted by atomic mass is 10.2. The van der Waals surface area contributed by atoms with Gasteiger partial charge in [0.2, 0.25) is 0 Å². The fourth-order valence-electron chi connectivity index (χ4n) is 0.937. The third kappa shape index (κ3) is 2.42. The van der Waals surface area contributed by atoms with Crippen LogP contribution in [-0.4, -0.2) is 32.0 Å². The molecule has 0 aliphatic carbocycles. The normalized spacial score (nSPS) is 31.8. The van der Waals surface area contributed by atoms with E-state index in [1.165, 1.54) is 0 Å². The molecule has 0 saturated carbocycles. The minimum atomic E-state index is 0. The molecule has 0 spiro atoms. The van der Waals surface area contributed by atoms with Crippen LogP contribution in [0.5, 0.6) is 0 Å². The maximum Gasteiger partial charge on any atom is 0.0981 e. The SMILES string of the molecule is CCOC1COCC1N.Cl.